The average molecular weight is 309 g/mol. The van der Waals surface area contributed by atoms with Crippen molar-refractivity contribution in [2.24, 2.45) is 5.41 Å². The number of carbonyl (C=O) groups is 2. The molecule has 0 aliphatic heterocycles. The first-order valence-corrected chi connectivity index (χ1v) is 7.23. The first-order valence-electron chi connectivity index (χ1n) is 7.23. The molecular formula is C16H23NO5. The third-order valence-electron chi connectivity index (χ3n) is 3.02. The van der Waals surface area contributed by atoms with Gasteiger partial charge in [0.1, 0.15) is 11.5 Å². The summed E-state index contributed by atoms with van der Waals surface area (Å²) in [6.07, 6.45) is -0.132. The topological polar surface area (TPSA) is 84.9 Å². The second kappa shape index (κ2) is 7.68. The molecule has 0 atom stereocenters. The van der Waals surface area contributed by atoms with E-state index in [-0.39, 0.29) is 12.3 Å². The summed E-state index contributed by atoms with van der Waals surface area (Å²) in [5, 5.41) is 11.8. The number of hydrogen-bond donors (Lipinski definition) is 2. The molecule has 0 heterocycles. The van der Waals surface area contributed by atoms with Gasteiger partial charge in [-0.05, 0) is 39.8 Å². The summed E-state index contributed by atoms with van der Waals surface area (Å²) in [7, 11) is 0. The number of hydrogen-bond acceptors (Lipinski definition) is 4. The molecule has 0 aliphatic rings. The van der Waals surface area contributed by atoms with Crippen molar-refractivity contribution in [3.05, 3.63) is 18.2 Å². The van der Waals surface area contributed by atoms with Crippen molar-refractivity contribution in [3.8, 4) is 11.5 Å². The molecule has 0 aromatic heterocycles. The summed E-state index contributed by atoms with van der Waals surface area (Å²) in [5.41, 5.74) is -0.660. The van der Waals surface area contributed by atoms with Crippen LogP contribution in [0.3, 0.4) is 0 Å². The van der Waals surface area contributed by atoms with E-state index in [1.807, 2.05) is 13.8 Å². The van der Waals surface area contributed by atoms with E-state index in [9.17, 15) is 9.59 Å². The fraction of sp³-hybridized carbons (Fsp3) is 0.500. The molecule has 1 aromatic carbocycles. The van der Waals surface area contributed by atoms with E-state index < -0.39 is 11.4 Å². The molecule has 1 rings (SSSR count). The lowest BCUT2D eigenvalue weighted by molar-refractivity contribution is -0.148. The number of anilines is 1. The molecule has 0 radical (unpaired) electrons. The van der Waals surface area contributed by atoms with Crippen LogP contribution in [0, 0.1) is 5.41 Å². The minimum atomic E-state index is -1.13. The predicted octanol–water partition coefficient (Wildman–Crippen LogP) is 2.92. The van der Waals surface area contributed by atoms with Gasteiger partial charge in [-0.25, -0.2) is 0 Å². The van der Waals surface area contributed by atoms with Gasteiger partial charge < -0.3 is 19.9 Å². The largest absolute Gasteiger partial charge is 0.494 e. The zero-order valence-corrected chi connectivity index (χ0v) is 13.4. The van der Waals surface area contributed by atoms with Crippen LogP contribution in [-0.2, 0) is 9.59 Å². The fourth-order valence-electron chi connectivity index (χ4n) is 1.82. The third-order valence-corrected chi connectivity index (χ3v) is 3.02. The third kappa shape index (κ3) is 4.95. The van der Waals surface area contributed by atoms with Gasteiger partial charge in [0.15, 0.2) is 0 Å². The Morgan fingerprint density at radius 3 is 2.36 bits per heavy atom. The average Bonchev–Trinajstić information content (AvgIpc) is 2.41. The maximum absolute atomic E-state index is 12.1. The van der Waals surface area contributed by atoms with Gasteiger partial charge >= 0.3 is 5.97 Å². The Kier molecular flexibility index (Phi) is 6.22. The Balaban J connectivity index is 2.91. The van der Waals surface area contributed by atoms with Crippen molar-refractivity contribution >= 4 is 17.6 Å². The van der Waals surface area contributed by atoms with Crippen molar-refractivity contribution in [2.45, 2.75) is 34.1 Å². The molecule has 0 fully saturated rings. The lowest BCUT2D eigenvalue weighted by atomic mass is 9.89. The number of rotatable bonds is 8. The standard InChI is InChI=1S/C16H23NO5/c1-5-21-11-7-8-13(22-6-2)12(9-11)17-14(18)10-16(3,4)15(19)20/h7-9H,5-6,10H2,1-4H3,(H,17,18)(H,19,20). The van der Waals surface area contributed by atoms with Crippen molar-refractivity contribution in [2.75, 3.05) is 18.5 Å². The highest BCUT2D eigenvalue weighted by Gasteiger charge is 2.30. The predicted molar refractivity (Wildman–Crippen MR) is 83.4 cm³/mol. The number of carboxylic acids is 1. The van der Waals surface area contributed by atoms with E-state index in [4.69, 9.17) is 14.6 Å². The highest BCUT2D eigenvalue weighted by Crippen LogP contribution is 2.30. The van der Waals surface area contributed by atoms with Crippen molar-refractivity contribution in [3.63, 3.8) is 0 Å². The van der Waals surface area contributed by atoms with Gasteiger partial charge in [-0.15, -0.1) is 0 Å². The van der Waals surface area contributed by atoms with E-state index in [0.29, 0.717) is 30.4 Å². The van der Waals surface area contributed by atoms with Crippen molar-refractivity contribution in [1.82, 2.24) is 0 Å². The Bertz CT molecular complexity index is 539. The Morgan fingerprint density at radius 2 is 1.82 bits per heavy atom. The molecule has 0 unspecified atom stereocenters. The zero-order chi connectivity index (χ0) is 16.8. The molecule has 6 heteroatoms. The van der Waals surface area contributed by atoms with Gasteiger partial charge in [-0.3, -0.25) is 9.59 Å². The van der Waals surface area contributed by atoms with Crippen LogP contribution in [0.1, 0.15) is 34.1 Å². The SMILES string of the molecule is CCOc1ccc(OCC)c(NC(=O)CC(C)(C)C(=O)O)c1. The van der Waals surface area contributed by atoms with E-state index in [2.05, 4.69) is 5.32 Å². The molecule has 0 spiro atoms. The van der Waals surface area contributed by atoms with Crippen molar-refractivity contribution < 1.29 is 24.2 Å². The number of benzene rings is 1. The van der Waals surface area contributed by atoms with E-state index in [1.54, 1.807) is 18.2 Å². The molecule has 1 aromatic rings. The molecule has 1 amide bonds. The van der Waals surface area contributed by atoms with Crippen LogP contribution in [0.4, 0.5) is 5.69 Å². The molecule has 2 N–H and O–H groups in total. The minimum absolute atomic E-state index is 0.132. The smallest absolute Gasteiger partial charge is 0.309 e. The molecule has 0 saturated carbocycles. The summed E-state index contributed by atoms with van der Waals surface area (Å²) in [5.74, 6) is -0.274. The molecule has 6 nitrogen and oxygen atoms in total. The normalized spacial score (nSPS) is 10.9. The minimum Gasteiger partial charge on any atom is -0.494 e. The Hall–Kier alpha value is -2.24. The fourth-order valence-corrected chi connectivity index (χ4v) is 1.82. The summed E-state index contributed by atoms with van der Waals surface area (Å²) >= 11 is 0. The number of nitrogens with one attached hydrogen (secondary N) is 1. The summed E-state index contributed by atoms with van der Waals surface area (Å²) in [4.78, 5) is 23.2. The zero-order valence-electron chi connectivity index (χ0n) is 13.4. The highest BCUT2D eigenvalue weighted by atomic mass is 16.5. The lowest BCUT2D eigenvalue weighted by Crippen LogP contribution is -2.29. The van der Waals surface area contributed by atoms with Gasteiger partial charge in [0.05, 0.1) is 24.3 Å². The van der Waals surface area contributed by atoms with Crippen LogP contribution in [0.5, 0.6) is 11.5 Å². The molecule has 0 saturated heterocycles. The second-order valence-electron chi connectivity index (χ2n) is 5.44. The lowest BCUT2D eigenvalue weighted by Gasteiger charge is -2.19. The van der Waals surface area contributed by atoms with Crippen molar-refractivity contribution in [1.29, 1.82) is 0 Å². The molecule has 0 bridgehead atoms. The van der Waals surface area contributed by atoms with Gasteiger partial charge in [0.25, 0.3) is 0 Å². The van der Waals surface area contributed by atoms with E-state index in [0.717, 1.165) is 0 Å². The van der Waals surface area contributed by atoms with Gasteiger partial charge in [0.2, 0.25) is 5.91 Å². The monoisotopic (exact) mass is 309 g/mol. The highest BCUT2D eigenvalue weighted by molar-refractivity contribution is 5.95. The summed E-state index contributed by atoms with van der Waals surface area (Å²) in [6, 6.07) is 5.14. The molecular weight excluding hydrogens is 286 g/mol. The van der Waals surface area contributed by atoms with Gasteiger partial charge in [0, 0.05) is 12.5 Å². The number of aliphatic carboxylic acids is 1. The maximum Gasteiger partial charge on any atom is 0.309 e. The van der Waals surface area contributed by atoms with Crippen LogP contribution in [0.25, 0.3) is 0 Å². The van der Waals surface area contributed by atoms with E-state index in [1.165, 1.54) is 13.8 Å². The van der Waals surface area contributed by atoms with Gasteiger partial charge in [-0.2, -0.15) is 0 Å². The van der Waals surface area contributed by atoms with Gasteiger partial charge in [-0.1, -0.05) is 0 Å². The first kappa shape index (κ1) is 17.8. The summed E-state index contributed by atoms with van der Waals surface area (Å²) in [6.45, 7) is 7.69. The van der Waals surface area contributed by atoms with Crippen LogP contribution >= 0.6 is 0 Å². The first-order chi connectivity index (χ1) is 10.3. The van der Waals surface area contributed by atoms with E-state index >= 15 is 0 Å². The molecule has 22 heavy (non-hydrogen) atoms. The Morgan fingerprint density at radius 1 is 1.18 bits per heavy atom. The van der Waals surface area contributed by atoms with Crippen LogP contribution in [0.15, 0.2) is 18.2 Å². The number of ether oxygens (including phenoxy) is 2. The molecule has 122 valence electrons. The quantitative estimate of drug-likeness (QED) is 0.771. The second-order valence-corrected chi connectivity index (χ2v) is 5.44. The van der Waals surface area contributed by atoms with Crippen LogP contribution in [0.2, 0.25) is 0 Å². The van der Waals surface area contributed by atoms with Crippen LogP contribution < -0.4 is 14.8 Å². The Labute approximate surface area is 130 Å². The maximum atomic E-state index is 12.1. The van der Waals surface area contributed by atoms with Crippen LogP contribution in [-0.4, -0.2) is 30.2 Å². The number of amides is 1. The summed E-state index contributed by atoms with van der Waals surface area (Å²) < 4.78 is 10.9. The number of carbonyl (C=O) groups excluding carboxylic acids is 1. The number of carboxylic acid groups (broad SMARTS) is 1. The molecule has 0 aliphatic carbocycles.